The lowest BCUT2D eigenvalue weighted by molar-refractivity contribution is 0.245. The van der Waals surface area contributed by atoms with Crippen molar-refractivity contribution < 1.29 is 4.74 Å². The number of para-hydroxylation sites is 1. The molecule has 1 aromatic rings. The Morgan fingerprint density at radius 2 is 2.10 bits per heavy atom. The Morgan fingerprint density at radius 1 is 1.25 bits per heavy atom. The van der Waals surface area contributed by atoms with Crippen molar-refractivity contribution in [2.75, 3.05) is 19.7 Å². The minimum atomic E-state index is 0.573. The van der Waals surface area contributed by atoms with Gasteiger partial charge in [-0.15, -0.1) is 0 Å². The highest BCUT2D eigenvalue weighted by Gasteiger charge is 2.29. The Hall–Kier alpha value is -1.32. The van der Waals surface area contributed by atoms with E-state index in [1.54, 1.807) is 6.08 Å². The Morgan fingerprint density at radius 3 is 3.00 bits per heavy atom. The maximum atomic E-state index is 5.76. The average Bonchev–Trinajstić information content (AvgIpc) is 2.80. The molecule has 2 fully saturated rings. The first-order valence-corrected chi connectivity index (χ1v) is 7.65. The SMILES string of the molecule is C=CCOc1ccccc1CN1CCC2CCC(C1)N2. The lowest BCUT2D eigenvalue weighted by Crippen LogP contribution is -2.35. The molecule has 108 valence electrons. The van der Waals surface area contributed by atoms with E-state index in [-0.39, 0.29) is 0 Å². The molecule has 2 aliphatic rings. The molecule has 2 aliphatic heterocycles. The highest BCUT2D eigenvalue weighted by molar-refractivity contribution is 5.33. The Labute approximate surface area is 121 Å². The second-order valence-electron chi connectivity index (χ2n) is 5.87. The van der Waals surface area contributed by atoms with Crippen LogP contribution in [0.3, 0.4) is 0 Å². The molecule has 0 radical (unpaired) electrons. The van der Waals surface area contributed by atoms with Gasteiger partial charge in [0.05, 0.1) is 0 Å². The summed E-state index contributed by atoms with van der Waals surface area (Å²) < 4.78 is 5.76. The highest BCUT2D eigenvalue weighted by atomic mass is 16.5. The van der Waals surface area contributed by atoms with Crippen LogP contribution in [0.4, 0.5) is 0 Å². The van der Waals surface area contributed by atoms with Crippen LogP contribution >= 0.6 is 0 Å². The topological polar surface area (TPSA) is 24.5 Å². The zero-order valence-electron chi connectivity index (χ0n) is 12.1. The van der Waals surface area contributed by atoms with Crippen molar-refractivity contribution in [3.63, 3.8) is 0 Å². The molecular weight excluding hydrogens is 248 g/mol. The predicted octanol–water partition coefficient (Wildman–Crippen LogP) is 2.58. The summed E-state index contributed by atoms with van der Waals surface area (Å²) >= 11 is 0. The summed E-state index contributed by atoms with van der Waals surface area (Å²) in [5, 5.41) is 3.73. The Bertz CT molecular complexity index is 460. The van der Waals surface area contributed by atoms with Crippen LogP contribution in [0, 0.1) is 0 Å². The number of hydrogen-bond donors (Lipinski definition) is 1. The molecule has 2 atom stereocenters. The number of nitrogens with zero attached hydrogens (tertiary/aromatic N) is 1. The first kappa shape index (κ1) is 13.7. The van der Waals surface area contributed by atoms with Gasteiger partial charge in [0.15, 0.2) is 0 Å². The predicted molar refractivity (Wildman–Crippen MR) is 82.0 cm³/mol. The number of hydrogen-bond acceptors (Lipinski definition) is 3. The van der Waals surface area contributed by atoms with Crippen LogP contribution in [-0.2, 0) is 6.54 Å². The molecule has 2 heterocycles. The van der Waals surface area contributed by atoms with Crippen LogP contribution in [0.2, 0.25) is 0 Å². The van der Waals surface area contributed by atoms with Gasteiger partial charge in [0.1, 0.15) is 12.4 Å². The van der Waals surface area contributed by atoms with Gasteiger partial charge in [-0.2, -0.15) is 0 Å². The van der Waals surface area contributed by atoms with E-state index in [1.165, 1.54) is 31.4 Å². The van der Waals surface area contributed by atoms with Gasteiger partial charge in [-0.3, -0.25) is 4.90 Å². The molecule has 3 nitrogen and oxygen atoms in total. The number of fused-ring (bicyclic) bond motifs is 2. The van der Waals surface area contributed by atoms with Crippen molar-refractivity contribution in [1.82, 2.24) is 10.2 Å². The van der Waals surface area contributed by atoms with Crippen molar-refractivity contribution >= 4 is 0 Å². The number of nitrogens with one attached hydrogen (secondary N) is 1. The molecule has 0 aromatic heterocycles. The summed E-state index contributed by atoms with van der Waals surface area (Å²) in [5.41, 5.74) is 1.28. The van der Waals surface area contributed by atoms with Crippen LogP contribution in [0.15, 0.2) is 36.9 Å². The minimum absolute atomic E-state index is 0.573. The van der Waals surface area contributed by atoms with E-state index in [4.69, 9.17) is 4.74 Å². The van der Waals surface area contributed by atoms with Crippen molar-refractivity contribution in [2.45, 2.75) is 37.9 Å². The smallest absolute Gasteiger partial charge is 0.124 e. The van der Waals surface area contributed by atoms with Gasteiger partial charge < -0.3 is 10.1 Å². The van der Waals surface area contributed by atoms with Crippen LogP contribution in [0.25, 0.3) is 0 Å². The molecule has 1 N–H and O–H groups in total. The maximum absolute atomic E-state index is 5.76. The lowest BCUT2D eigenvalue weighted by Gasteiger charge is -2.24. The van der Waals surface area contributed by atoms with Crippen LogP contribution in [-0.4, -0.2) is 36.7 Å². The van der Waals surface area contributed by atoms with Crippen LogP contribution < -0.4 is 10.1 Å². The van der Waals surface area contributed by atoms with Gasteiger partial charge in [-0.05, 0) is 25.3 Å². The van der Waals surface area contributed by atoms with E-state index in [0.717, 1.165) is 24.9 Å². The van der Waals surface area contributed by atoms with Gasteiger partial charge in [-0.25, -0.2) is 0 Å². The molecule has 2 saturated heterocycles. The van der Waals surface area contributed by atoms with Crippen molar-refractivity contribution in [2.24, 2.45) is 0 Å². The van der Waals surface area contributed by atoms with E-state index in [9.17, 15) is 0 Å². The van der Waals surface area contributed by atoms with E-state index >= 15 is 0 Å². The molecule has 3 heteroatoms. The minimum Gasteiger partial charge on any atom is -0.489 e. The quantitative estimate of drug-likeness (QED) is 0.834. The fourth-order valence-corrected chi connectivity index (χ4v) is 3.32. The summed E-state index contributed by atoms with van der Waals surface area (Å²) in [6.45, 7) is 7.62. The fourth-order valence-electron chi connectivity index (χ4n) is 3.32. The molecular formula is C17H24N2O. The van der Waals surface area contributed by atoms with E-state index in [2.05, 4.69) is 35.0 Å². The van der Waals surface area contributed by atoms with Gasteiger partial charge >= 0.3 is 0 Å². The zero-order valence-corrected chi connectivity index (χ0v) is 12.1. The van der Waals surface area contributed by atoms with Crippen molar-refractivity contribution in [3.05, 3.63) is 42.5 Å². The highest BCUT2D eigenvalue weighted by Crippen LogP contribution is 2.24. The lowest BCUT2D eigenvalue weighted by atomic mass is 10.1. The first-order chi connectivity index (χ1) is 9.85. The second-order valence-corrected chi connectivity index (χ2v) is 5.87. The number of rotatable bonds is 5. The van der Waals surface area contributed by atoms with E-state index in [1.807, 2.05) is 6.07 Å². The normalized spacial score (nSPS) is 26.2. The molecule has 0 spiro atoms. The maximum Gasteiger partial charge on any atom is 0.124 e. The Kier molecular flexibility index (Phi) is 4.38. The van der Waals surface area contributed by atoms with Gasteiger partial charge in [0.2, 0.25) is 0 Å². The molecule has 0 amide bonds. The molecule has 0 aliphatic carbocycles. The molecule has 1 aromatic carbocycles. The molecule has 2 bridgehead atoms. The summed E-state index contributed by atoms with van der Waals surface area (Å²) in [5.74, 6) is 0.995. The summed E-state index contributed by atoms with van der Waals surface area (Å²) in [7, 11) is 0. The summed E-state index contributed by atoms with van der Waals surface area (Å²) in [6.07, 6.45) is 5.76. The molecule has 3 rings (SSSR count). The first-order valence-electron chi connectivity index (χ1n) is 7.65. The number of likely N-dealkylation sites (tertiary alicyclic amines) is 1. The van der Waals surface area contributed by atoms with Crippen LogP contribution in [0.1, 0.15) is 24.8 Å². The average molecular weight is 272 g/mol. The van der Waals surface area contributed by atoms with Crippen molar-refractivity contribution in [1.29, 1.82) is 0 Å². The van der Waals surface area contributed by atoms with Gasteiger partial charge in [0, 0.05) is 37.3 Å². The standard InChI is InChI=1S/C17H24N2O/c1-2-11-20-17-6-4-3-5-14(17)12-19-10-9-15-7-8-16(13-19)18-15/h2-6,15-16,18H,1,7-13H2. The summed E-state index contributed by atoms with van der Waals surface area (Å²) in [6, 6.07) is 9.79. The summed E-state index contributed by atoms with van der Waals surface area (Å²) in [4.78, 5) is 2.56. The van der Waals surface area contributed by atoms with E-state index < -0.39 is 0 Å². The molecule has 20 heavy (non-hydrogen) atoms. The third-order valence-electron chi connectivity index (χ3n) is 4.33. The molecule has 2 unspecified atom stereocenters. The third-order valence-corrected chi connectivity index (χ3v) is 4.33. The monoisotopic (exact) mass is 272 g/mol. The fraction of sp³-hybridized carbons (Fsp3) is 0.529. The zero-order chi connectivity index (χ0) is 13.8. The molecule has 0 saturated carbocycles. The largest absolute Gasteiger partial charge is 0.489 e. The number of benzene rings is 1. The Balaban J connectivity index is 1.66. The van der Waals surface area contributed by atoms with Gasteiger partial charge in [0.25, 0.3) is 0 Å². The van der Waals surface area contributed by atoms with E-state index in [0.29, 0.717) is 12.6 Å². The van der Waals surface area contributed by atoms with Gasteiger partial charge in [-0.1, -0.05) is 30.9 Å². The number of ether oxygens (including phenoxy) is 1. The van der Waals surface area contributed by atoms with Crippen LogP contribution in [0.5, 0.6) is 5.75 Å². The second kappa shape index (κ2) is 6.42. The third kappa shape index (κ3) is 3.22. The van der Waals surface area contributed by atoms with Crippen molar-refractivity contribution in [3.8, 4) is 5.75 Å².